The standard InChI is InChI=1S/C17H23NO2/c1-6-7-18-12(5)11(4)15-9-13(17(19)20)8-14(10(2)3)16(15)18/h8-10H,6-7H2,1-5H3,(H,19,20). The van der Waals surface area contributed by atoms with E-state index in [4.69, 9.17) is 0 Å². The zero-order valence-corrected chi connectivity index (χ0v) is 12.9. The zero-order chi connectivity index (χ0) is 15.0. The predicted molar refractivity (Wildman–Crippen MR) is 82.8 cm³/mol. The van der Waals surface area contributed by atoms with Crippen LogP contribution in [-0.4, -0.2) is 15.6 Å². The maximum atomic E-state index is 11.3. The van der Waals surface area contributed by atoms with Crippen LogP contribution in [0, 0.1) is 13.8 Å². The van der Waals surface area contributed by atoms with E-state index >= 15 is 0 Å². The number of hydrogen-bond acceptors (Lipinski definition) is 1. The van der Waals surface area contributed by atoms with Gasteiger partial charge in [-0.05, 0) is 49.4 Å². The summed E-state index contributed by atoms with van der Waals surface area (Å²) < 4.78 is 2.34. The molecule has 1 N–H and O–H groups in total. The summed E-state index contributed by atoms with van der Waals surface area (Å²) >= 11 is 0. The quantitative estimate of drug-likeness (QED) is 0.891. The molecule has 0 fully saturated rings. The third-order valence-electron chi connectivity index (χ3n) is 4.08. The zero-order valence-electron chi connectivity index (χ0n) is 12.9. The van der Waals surface area contributed by atoms with E-state index in [1.165, 1.54) is 16.8 Å². The monoisotopic (exact) mass is 273 g/mol. The van der Waals surface area contributed by atoms with Gasteiger partial charge in [-0.15, -0.1) is 0 Å². The van der Waals surface area contributed by atoms with Crippen molar-refractivity contribution in [3.8, 4) is 0 Å². The highest BCUT2D eigenvalue weighted by Crippen LogP contribution is 2.33. The van der Waals surface area contributed by atoms with Gasteiger partial charge in [0.25, 0.3) is 0 Å². The summed E-state index contributed by atoms with van der Waals surface area (Å²) in [7, 11) is 0. The van der Waals surface area contributed by atoms with Crippen LogP contribution in [0.2, 0.25) is 0 Å². The first kappa shape index (κ1) is 14.6. The van der Waals surface area contributed by atoms with Crippen LogP contribution in [0.25, 0.3) is 10.9 Å². The number of carboxylic acid groups (broad SMARTS) is 1. The van der Waals surface area contributed by atoms with E-state index in [9.17, 15) is 9.90 Å². The highest BCUT2D eigenvalue weighted by atomic mass is 16.4. The molecule has 1 aromatic carbocycles. The molecule has 0 amide bonds. The number of nitrogens with zero attached hydrogens (tertiary/aromatic N) is 1. The Labute approximate surface area is 120 Å². The van der Waals surface area contributed by atoms with Gasteiger partial charge < -0.3 is 9.67 Å². The first-order valence-corrected chi connectivity index (χ1v) is 7.25. The van der Waals surface area contributed by atoms with Crippen molar-refractivity contribution in [2.45, 2.75) is 53.5 Å². The van der Waals surface area contributed by atoms with Crippen molar-refractivity contribution in [1.82, 2.24) is 4.57 Å². The van der Waals surface area contributed by atoms with Gasteiger partial charge in [-0.3, -0.25) is 0 Å². The number of fused-ring (bicyclic) bond motifs is 1. The Balaban J connectivity index is 2.90. The molecule has 0 aliphatic rings. The van der Waals surface area contributed by atoms with Crippen LogP contribution in [0.3, 0.4) is 0 Å². The average Bonchev–Trinajstić information content (AvgIpc) is 2.63. The molecule has 0 aliphatic heterocycles. The van der Waals surface area contributed by atoms with Gasteiger partial charge in [0.05, 0.1) is 11.1 Å². The van der Waals surface area contributed by atoms with E-state index in [-0.39, 0.29) is 0 Å². The minimum atomic E-state index is -0.853. The Morgan fingerprint density at radius 3 is 2.45 bits per heavy atom. The summed E-state index contributed by atoms with van der Waals surface area (Å²) in [6, 6.07) is 3.65. The third-order valence-corrected chi connectivity index (χ3v) is 4.08. The van der Waals surface area contributed by atoms with Gasteiger partial charge in [0.15, 0.2) is 0 Å². The lowest BCUT2D eigenvalue weighted by molar-refractivity contribution is 0.0697. The molecule has 3 heteroatoms. The van der Waals surface area contributed by atoms with E-state index in [1.807, 2.05) is 12.1 Å². The van der Waals surface area contributed by atoms with Crippen LogP contribution < -0.4 is 0 Å². The Morgan fingerprint density at radius 2 is 1.95 bits per heavy atom. The van der Waals surface area contributed by atoms with Crippen molar-refractivity contribution in [3.63, 3.8) is 0 Å². The summed E-state index contributed by atoms with van der Waals surface area (Å²) in [6.07, 6.45) is 1.07. The summed E-state index contributed by atoms with van der Waals surface area (Å²) in [4.78, 5) is 11.3. The van der Waals surface area contributed by atoms with Gasteiger partial charge in [0, 0.05) is 17.6 Å². The second-order valence-electron chi connectivity index (χ2n) is 5.78. The molecule has 0 saturated heterocycles. The van der Waals surface area contributed by atoms with Crippen molar-refractivity contribution >= 4 is 16.9 Å². The number of carboxylic acids is 1. The van der Waals surface area contributed by atoms with Crippen molar-refractivity contribution < 1.29 is 9.90 Å². The number of carbonyl (C=O) groups is 1. The fraction of sp³-hybridized carbons (Fsp3) is 0.471. The van der Waals surface area contributed by atoms with Crippen molar-refractivity contribution in [2.75, 3.05) is 0 Å². The molecule has 2 rings (SSSR count). The van der Waals surface area contributed by atoms with Crippen LogP contribution >= 0.6 is 0 Å². The molecule has 0 bridgehead atoms. The lowest BCUT2D eigenvalue weighted by Crippen LogP contribution is -2.04. The molecule has 0 atom stereocenters. The second-order valence-corrected chi connectivity index (χ2v) is 5.78. The minimum Gasteiger partial charge on any atom is -0.478 e. The fourth-order valence-corrected chi connectivity index (χ4v) is 2.88. The summed E-state index contributed by atoms with van der Waals surface area (Å²) in [6.45, 7) is 11.6. The van der Waals surface area contributed by atoms with Gasteiger partial charge in [-0.2, -0.15) is 0 Å². The molecule has 0 spiro atoms. The number of aryl methyl sites for hydroxylation is 2. The molecule has 1 heterocycles. The predicted octanol–water partition coefficient (Wildman–Crippen LogP) is 4.49. The third kappa shape index (κ3) is 2.21. The van der Waals surface area contributed by atoms with E-state index in [0.717, 1.165) is 23.9 Å². The highest BCUT2D eigenvalue weighted by molar-refractivity contribution is 5.97. The van der Waals surface area contributed by atoms with Gasteiger partial charge in [0.2, 0.25) is 0 Å². The van der Waals surface area contributed by atoms with Crippen molar-refractivity contribution in [2.24, 2.45) is 0 Å². The van der Waals surface area contributed by atoms with Gasteiger partial charge >= 0.3 is 5.97 Å². The van der Waals surface area contributed by atoms with Gasteiger partial charge in [0.1, 0.15) is 0 Å². The molecule has 108 valence electrons. The van der Waals surface area contributed by atoms with Gasteiger partial charge in [-0.1, -0.05) is 20.8 Å². The van der Waals surface area contributed by atoms with Crippen LogP contribution in [0.15, 0.2) is 12.1 Å². The van der Waals surface area contributed by atoms with Crippen LogP contribution in [0.4, 0.5) is 0 Å². The van der Waals surface area contributed by atoms with Crippen LogP contribution in [0.5, 0.6) is 0 Å². The summed E-state index contributed by atoms with van der Waals surface area (Å²) in [5.41, 5.74) is 5.16. The van der Waals surface area contributed by atoms with E-state index < -0.39 is 5.97 Å². The number of hydrogen-bond donors (Lipinski definition) is 1. The topological polar surface area (TPSA) is 42.2 Å². The van der Waals surface area contributed by atoms with Crippen LogP contribution in [0.1, 0.15) is 60.3 Å². The Hall–Kier alpha value is -1.77. The minimum absolute atomic E-state index is 0.307. The van der Waals surface area contributed by atoms with Crippen LogP contribution in [-0.2, 0) is 6.54 Å². The molecular weight excluding hydrogens is 250 g/mol. The Kier molecular flexibility index (Phi) is 3.89. The SMILES string of the molecule is CCCn1c(C)c(C)c2cc(C(=O)O)cc(C(C)C)c21. The molecule has 0 aliphatic carbocycles. The first-order chi connectivity index (χ1) is 9.38. The van der Waals surface area contributed by atoms with Crippen molar-refractivity contribution in [1.29, 1.82) is 0 Å². The van der Waals surface area contributed by atoms with Crippen molar-refractivity contribution in [3.05, 3.63) is 34.5 Å². The molecule has 3 nitrogen and oxygen atoms in total. The number of rotatable bonds is 4. The normalized spacial score (nSPS) is 11.5. The number of aromatic nitrogens is 1. The second kappa shape index (κ2) is 5.31. The number of aromatic carboxylic acids is 1. The molecule has 2 aromatic rings. The summed E-state index contributed by atoms with van der Waals surface area (Å²) in [5.74, 6) is -0.546. The smallest absolute Gasteiger partial charge is 0.335 e. The average molecular weight is 273 g/mol. The molecule has 0 unspecified atom stereocenters. The molecule has 20 heavy (non-hydrogen) atoms. The highest BCUT2D eigenvalue weighted by Gasteiger charge is 2.18. The molecule has 0 saturated carbocycles. The maximum absolute atomic E-state index is 11.3. The molecule has 1 aromatic heterocycles. The van der Waals surface area contributed by atoms with E-state index in [0.29, 0.717) is 11.5 Å². The number of benzene rings is 1. The molecular formula is C17H23NO2. The fourth-order valence-electron chi connectivity index (χ4n) is 2.88. The summed E-state index contributed by atoms with van der Waals surface area (Å²) in [5, 5.41) is 10.4. The Morgan fingerprint density at radius 1 is 1.30 bits per heavy atom. The van der Waals surface area contributed by atoms with E-state index in [2.05, 4.69) is 39.2 Å². The largest absolute Gasteiger partial charge is 0.478 e. The van der Waals surface area contributed by atoms with Gasteiger partial charge in [-0.25, -0.2) is 4.79 Å². The molecule has 0 radical (unpaired) electrons. The first-order valence-electron chi connectivity index (χ1n) is 7.25. The lowest BCUT2D eigenvalue weighted by atomic mass is 9.96. The Bertz CT molecular complexity index is 665. The van der Waals surface area contributed by atoms with E-state index in [1.54, 1.807) is 0 Å². The maximum Gasteiger partial charge on any atom is 0.335 e. The lowest BCUT2D eigenvalue weighted by Gasteiger charge is -2.14.